The van der Waals surface area contributed by atoms with Crippen molar-refractivity contribution in [1.29, 1.82) is 0 Å². The van der Waals surface area contributed by atoms with Crippen molar-refractivity contribution in [2.75, 3.05) is 0 Å². The van der Waals surface area contributed by atoms with E-state index in [2.05, 4.69) is 21.3 Å². The molecule has 4 rings (SSSR count). The lowest BCUT2D eigenvalue weighted by Gasteiger charge is -2.28. The maximum absolute atomic E-state index is 12.3. The number of hydrogen-bond acceptors (Lipinski definition) is 5. The molecule has 9 nitrogen and oxygen atoms in total. The topological polar surface area (TPSA) is 130 Å². The van der Waals surface area contributed by atoms with Gasteiger partial charge in [0.2, 0.25) is 5.91 Å². The number of carbonyl (C=O) groups excluding carboxylic acids is 4. The maximum Gasteiger partial charge on any atom is 0.322 e. The zero-order valence-electron chi connectivity index (χ0n) is 16.9. The van der Waals surface area contributed by atoms with Gasteiger partial charge in [-0.2, -0.15) is 0 Å². The van der Waals surface area contributed by atoms with Crippen molar-refractivity contribution >= 4 is 23.9 Å². The first-order valence-electron chi connectivity index (χ1n) is 9.98. The molecular formula is C21H24N4O5. The molecule has 1 aromatic heterocycles. The third-order valence-electron chi connectivity index (χ3n) is 5.79. The van der Waals surface area contributed by atoms with Crippen LogP contribution in [0, 0.1) is 0 Å². The lowest BCUT2D eigenvalue weighted by atomic mass is 9.83. The predicted octanol–water partition coefficient (Wildman–Crippen LogP) is 1.68. The fraction of sp³-hybridized carbons (Fsp3) is 0.429. The number of urea groups is 2. The van der Waals surface area contributed by atoms with Gasteiger partial charge in [-0.15, -0.1) is 0 Å². The van der Waals surface area contributed by atoms with Crippen LogP contribution in [0.2, 0.25) is 0 Å². The molecule has 2 heterocycles. The van der Waals surface area contributed by atoms with Crippen LogP contribution < -0.4 is 21.3 Å². The van der Waals surface area contributed by atoms with Gasteiger partial charge < -0.3 is 15.1 Å². The van der Waals surface area contributed by atoms with Gasteiger partial charge >= 0.3 is 12.1 Å². The zero-order valence-corrected chi connectivity index (χ0v) is 16.9. The minimum Gasteiger partial charge on any atom is -0.462 e. The number of fused-ring (bicyclic) bond motifs is 1. The van der Waals surface area contributed by atoms with Gasteiger partial charge in [-0.25, -0.2) is 9.59 Å². The molecule has 4 N–H and O–H groups in total. The van der Waals surface area contributed by atoms with Crippen LogP contribution in [0.1, 0.15) is 50.2 Å². The highest BCUT2D eigenvalue weighted by Gasteiger charge is 2.46. The van der Waals surface area contributed by atoms with Crippen LogP contribution in [-0.2, 0) is 28.0 Å². The van der Waals surface area contributed by atoms with E-state index in [-0.39, 0.29) is 6.04 Å². The van der Waals surface area contributed by atoms with Gasteiger partial charge in [-0.1, -0.05) is 17.7 Å². The molecule has 0 bridgehead atoms. The van der Waals surface area contributed by atoms with Crippen molar-refractivity contribution in [2.24, 2.45) is 0 Å². The molecule has 0 spiro atoms. The Bertz CT molecular complexity index is 1010. The highest BCUT2D eigenvalue weighted by molar-refractivity contribution is 6.06. The summed E-state index contributed by atoms with van der Waals surface area (Å²) < 4.78 is 6.00. The molecular weight excluding hydrogens is 388 g/mol. The monoisotopic (exact) mass is 412 g/mol. The molecule has 3 aliphatic rings. The molecule has 30 heavy (non-hydrogen) atoms. The fourth-order valence-electron chi connectivity index (χ4n) is 4.27. The van der Waals surface area contributed by atoms with Crippen molar-refractivity contribution in [1.82, 2.24) is 21.3 Å². The Morgan fingerprint density at radius 3 is 2.80 bits per heavy atom. The Morgan fingerprint density at radius 2 is 2.10 bits per heavy atom. The van der Waals surface area contributed by atoms with E-state index in [1.54, 1.807) is 6.92 Å². The zero-order chi connectivity index (χ0) is 21.5. The SMILES string of the molecule is CC(=O)NC(=O)NC1CCCC2=C1/C=C\Cc1oc([C@]3(C)NC(=O)NC3=O)cc1C2. The molecule has 1 saturated heterocycles. The molecule has 2 aliphatic carbocycles. The third kappa shape index (κ3) is 3.62. The van der Waals surface area contributed by atoms with Crippen LogP contribution >= 0.6 is 0 Å². The summed E-state index contributed by atoms with van der Waals surface area (Å²) in [7, 11) is 0. The summed E-state index contributed by atoms with van der Waals surface area (Å²) in [5, 5.41) is 10.0. The second kappa shape index (κ2) is 7.47. The van der Waals surface area contributed by atoms with Gasteiger partial charge in [0.25, 0.3) is 5.91 Å². The van der Waals surface area contributed by atoms with E-state index in [1.807, 2.05) is 18.2 Å². The summed E-state index contributed by atoms with van der Waals surface area (Å²) in [6.07, 6.45) is 7.74. The fourth-order valence-corrected chi connectivity index (χ4v) is 4.27. The third-order valence-corrected chi connectivity index (χ3v) is 5.79. The second-order valence-electron chi connectivity index (χ2n) is 8.03. The van der Waals surface area contributed by atoms with Crippen molar-refractivity contribution in [3.63, 3.8) is 0 Å². The van der Waals surface area contributed by atoms with E-state index < -0.39 is 29.4 Å². The number of carbonyl (C=O) groups is 4. The van der Waals surface area contributed by atoms with E-state index in [1.165, 1.54) is 12.5 Å². The maximum atomic E-state index is 12.3. The Balaban J connectivity index is 1.61. The van der Waals surface area contributed by atoms with Crippen molar-refractivity contribution in [2.45, 2.75) is 57.5 Å². The molecule has 9 heteroatoms. The van der Waals surface area contributed by atoms with Crippen LogP contribution in [0.4, 0.5) is 9.59 Å². The number of imide groups is 2. The van der Waals surface area contributed by atoms with Gasteiger partial charge in [0.05, 0.1) is 6.04 Å². The molecule has 6 amide bonds. The number of furan rings is 1. The molecule has 0 saturated carbocycles. The van der Waals surface area contributed by atoms with Crippen molar-refractivity contribution in [3.05, 3.63) is 46.4 Å². The number of nitrogens with one attached hydrogen (secondary N) is 4. The Kier molecular flexibility index (Phi) is 4.97. The standard InChI is InChI=1S/C21H24N4O5/c1-11(26)22-19(28)23-15-7-3-5-12-9-13-10-17(21(2)18(27)24-20(29)25-21)30-16(13)8-4-6-14(12)15/h4,6,10,15H,3,5,7-9H2,1-2H3,(H2,22,23,26,28)(H2,24,25,27,29)/b6-4-/t15?,21-/m0/s1. The van der Waals surface area contributed by atoms with Gasteiger partial charge in [-0.05, 0) is 49.8 Å². The van der Waals surface area contributed by atoms with Crippen LogP contribution in [0.15, 0.2) is 33.8 Å². The highest BCUT2D eigenvalue weighted by Crippen LogP contribution is 2.35. The molecule has 158 valence electrons. The largest absolute Gasteiger partial charge is 0.462 e. The van der Waals surface area contributed by atoms with Gasteiger partial charge in [-0.3, -0.25) is 20.2 Å². The van der Waals surface area contributed by atoms with E-state index in [9.17, 15) is 19.2 Å². The van der Waals surface area contributed by atoms with E-state index in [0.29, 0.717) is 18.6 Å². The Labute approximate surface area is 173 Å². The predicted molar refractivity (Wildman–Crippen MR) is 106 cm³/mol. The Morgan fingerprint density at radius 1 is 1.30 bits per heavy atom. The smallest absolute Gasteiger partial charge is 0.322 e. The average molecular weight is 412 g/mol. The van der Waals surface area contributed by atoms with Gasteiger partial charge in [0.15, 0.2) is 5.54 Å². The molecule has 1 aromatic rings. The molecule has 2 atom stereocenters. The molecule has 1 unspecified atom stereocenters. The molecule has 1 aliphatic heterocycles. The molecule has 1 fully saturated rings. The number of amides is 6. The van der Waals surface area contributed by atoms with E-state index in [4.69, 9.17) is 4.42 Å². The van der Waals surface area contributed by atoms with Gasteiger partial charge in [0.1, 0.15) is 11.5 Å². The summed E-state index contributed by atoms with van der Waals surface area (Å²) in [5.74, 6) is 0.313. The quantitative estimate of drug-likeness (QED) is 0.549. The summed E-state index contributed by atoms with van der Waals surface area (Å²) in [6, 6.07) is 0.624. The van der Waals surface area contributed by atoms with E-state index in [0.717, 1.165) is 36.2 Å². The highest BCUT2D eigenvalue weighted by atomic mass is 16.3. The Hall–Kier alpha value is -3.36. The van der Waals surface area contributed by atoms with Crippen molar-refractivity contribution in [3.8, 4) is 0 Å². The van der Waals surface area contributed by atoms with Crippen LogP contribution in [0.5, 0.6) is 0 Å². The first-order valence-corrected chi connectivity index (χ1v) is 9.98. The normalized spacial score (nSPS) is 26.5. The van der Waals surface area contributed by atoms with Crippen LogP contribution in [-0.4, -0.2) is 29.9 Å². The average Bonchev–Trinajstić information content (AvgIpc) is 3.14. The first-order chi connectivity index (χ1) is 14.3. The molecule has 0 radical (unpaired) electrons. The number of rotatable bonds is 2. The summed E-state index contributed by atoms with van der Waals surface area (Å²) in [5.41, 5.74) is 1.96. The van der Waals surface area contributed by atoms with E-state index >= 15 is 0 Å². The minimum atomic E-state index is -1.24. The number of allylic oxidation sites excluding steroid dienone is 2. The summed E-state index contributed by atoms with van der Waals surface area (Å²) in [6.45, 7) is 2.92. The summed E-state index contributed by atoms with van der Waals surface area (Å²) >= 11 is 0. The minimum absolute atomic E-state index is 0.172. The second-order valence-corrected chi connectivity index (χ2v) is 8.03. The first kappa shape index (κ1) is 19.9. The van der Waals surface area contributed by atoms with Crippen molar-refractivity contribution < 1.29 is 23.6 Å². The van der Waals surface area contributed by atoms with Crippen LogP contribution in [0.3, 0.4) is 0 Å². The van der Waals surface area contributed by atoms with Gasteiger partial charge in [0, 0.05) is 13.3 Å². The lowest BCUT2D eigenvalue weighted by molar-refractivity contribution is -0.124. The van der Waals surface area contributed by atoms with Crippen LogP contribution in [0.25, 0.3) is 0 Å². The molecule has 0 aromatic carbocycles. The summed E-state index contributed by atoms with van der Waals surface area (Å²) in [4.78, 5) is 47.0. The lowest BCUT2D eigenvalue weighted by Crippen LogP contribution is -2.45. The number of hydrogen-bond donors (Lipinski definition) is 4.